The summed E-state index contributed by atoms with van der Waals surface area (Å²) in [5.41, 5.74) is 2.01. The SMILES string of the molecule is COc1cc(C[C@H]2[C@@H](O)C(=O)N2Cc2ccccc2)cc(OC)c1. The Morgan fingerprint density at radius 1 is 1.00 bits per heavy atom. The highest BCUT2D eigenvalue weighted by atomic mass is 16.5. The molecule has 0 unspecified atom stereocenters. The van der Waals surface area contributed by atoms with Crippen LogP contribution in [-0.2, 0) is 17.8 Å². The first-order valence-electron chi connectivity index (χ1n) is 7.87. The molecule has 2 atom stereocenters. The van der Waals surface area contributed by atoms with Gasteiger partial charge in [-0.1, -0.05) is 30.3 Å². The molecule has 2 aromatic rings. The molecule has 1 aliphatic rings. The van der Waals surface area contributed by atoms with Crippen molar-refractivity contribution < 1.29 is 19.4 Å². The molecule has 1 fully saturated rings. The number of likely N-dealkylation sites (tertiary alicyclic amines) is 1. The molecule has 5 nitrogen and oxygen atoms in total. The number of carbonyl (C=O) groups is 1. The van der Waals surface area contributed by atoms with Crippen molar-refractivity contribution in [3.05, 3.63) is 59.7 Å². The van der Waals surface area contributed by atoms with Crippen LogP contribution in [0.3, 0.4) is 0 Å². The van der Waals surface area contributed by atoms with Gasteiger partial charge in [-0.2, -0.15) is 0 Å². The predicted octanol–water partition coefficient (Wildman–Crippen LogP) is 2.02. The number of methoxy groups -OCH3 is 2. The first-order valence-corrected chi connectivity index (χ1v) is 7.87. The zero-order chi connectivity index (χ0) is 17.1. The second-order valence-corrected chi connectivity index (χ2v) is 5.89. The van der Waals surface area contributed by atoms with Gasteiger partial charge in [-0.3, -0.25) is 4.79 Å². The van der Waals surface area contributed by atoms with Crippen LogP contribution in [0.2, 0.25) is 0 Å². The van der Waals surface area contributed by atoms with E-state index in [0.717, 1.165) is 11.1 Å². The average Bonchev–Trinajstić information content (AvgIpc) is 2.64. The number of aliphatic hydroxyl groups excluding tert-OH is 1. The van der Waals surface area contributed by atoms with E-state index in [1.54, 1.807) is 25.2 Å². The van der Waals surface area contributed by atoms with E-state index in [-0.39, 0.29) is 11.9 Å². The van der Waals surface area contributed by atoms with Gasteiger partial charge in [-0.25, -0.2) is 0 Å². The summed E-state index contributed by atoms with van der Waals surface area (Å²) in [5.74, 6) is 1.16. The molecule has 0 bridgehead atoms. The molecular weight excluding hydrogens is 306 g/mol. The Labute approximate surface area is 141 Å². The van der Waals surface area contributed by atoms with Crippen LogP contribution in [0.1, 0.15) is 11.1 Å². The fraction of sp³-hybridized carbons (Fsp3) is 0.316. The summed E-state index contributed by atoms with van der Waals surface area (Å²) in [6.07, 6.45) is -0.404. The van der Waals surface area contributed by atoms with Crippen molar-refractivity contribution in [1.29, 1.82) is 0 Å². The molecule has 2 aromatic carbocycles. The number of amides is 1. The van der Waals surface area contributed by atoms with Gasteiger partial charge in [-0.15, -0.1) is 0 Å². The monoisotopic (exact) mass is 327 g/mol. The number of aliphatic hydroxyl groups is 1. The van der Waals surface area contributed by atoms with E-state index in [0.29, 0.717) is 24.5 Å². The van der Waals surface area contributed by atoms with E-state index in [1.165, 1.54) is 0 Å². The molecule has 1 saturated heterocycles. The van der Waals surface area contributed by atoms with Gasteiger partial charge in [-0.05, 0) is 29.7 Å². The lowest BCUT2D eigenvalue weighted by molar-refractivity contribution is -0.167. The molecule has 1 N–H and O–H groups in total. The second kappa shape index (κ2) is 6.93. The molecule has 0 spiro atoms. The lowest BCUT2D eigenvalue weighted by Crippen LogP contribution is -2.64. The molecule has 0 radical (unpaired) electrons. The summed E-state index contributed by atoms with van der Waals surface area (Å²) in [6.45, 7) is 0.502. The van der Waals surface area contributed by atoms with Crippen LogP contribution in [0.5, 0.6) is 11.5 Å². The number of benzene rings is 2. The van der Waals surface area contributed by atoms with Crippen molar-refractivity contribution in [2.45, 2.75) is 25.1 Å². The fourth-order valence-corrected chi connectivity index (χ4v) is 3.01. The molecule has 1 heterocycles. The standard InChI is InChI=1S/C19H21NO4/c1-23-15-8-14(9-16(11-15)24-2)10-17-18(21)19(22)20(17)12-13-6-4-3-5-7-13/h3-9,11,17-18,21H,10,12H2,1-2H3/t17-,18+/m0/s1. The average molecular weight is 327 g/mol. The molecule has 1 aliphatic heterocycles. The molecule has 1 amide bonds. The number of hydrogen-bond donors (Lipinski definition) is 1. The highest BCUT2D eigenvalue weighted by Crippen LogP contribution is 2.29. The number of hydrogen-bond acceptors (Lipinski definition) is 4. The third kappa shape index (κ3) is 3.21. The lowest BCUT2D eigenvalue weighted by atomic mass is 9.90. The van der Waals surface area contributed by atoms with Crippen molar-refractivity contribution in [2.24, 2.45) is 0 Å². The molecule has 0 saturated carbocycles. The maximum Gasteiger partial charge on any atom is 0.254 e. The summed E-state index contributed by atoms with van der Waals surface area (Å²) in [4.78, 5) is 13.8. The Bertz CT molecular complexity index is 694. The summed E-state index contributed by atoms with van der Waals surface area (Å²) in [6, 6.07) is 15.1. The van der Waals surface area contributed by atoms with E-state index in [2.05, 4.69) is 0 Å². The summed E-state index contributed by atoms with van der Waals surface area (Å²) < 4.78 is 10.6. The van der Waals surface area contributed by atoms with Crippen molar-refractivity contribution in [2.75, 3.05) is 14.2 Å². The van der Waals surface area contributed by atoms with E-state index in [1.807, 2.05) is 42.5 Å². The van der Waals surface area contributed by atoms with Gasteiger partial charge in [0.1, 0.15) is 11.5 Å². The minimum absolute atomic E-state index is 0.223. The summed E-state index contributed by atoms with van der Waals surface area (Å²) in [5, 5.41) is 10.1. The Balaban J connectivity index is 1.76. The van der Waals surface area contributed by atoms with Gasteiger partial charge in [0.25, 0.3) is 5.91 Å². The molecular formula is C19H21NO4. The first-order chi connectivity index (χ1) is 11.6. The normalized spacial score (nSPS) is 19.8. The van der Waals surface area contributed by atoms with Crippen molar-refractivity contribution in [3.8, 4) is 11.5 Å². The minimum Gasteiger partial charge on any atom is -0.497 e. The number of ether oxygens (including phenoxy) is 2. The van der Waals surface area contributed by atoms with Crippen LogP contribution in [0.15, 0.2) is 48.5 Å². The second-order valence-electron chi connectivity index (χ2n) is 5.89. The largest absolute Gasteiger partial charge is 0.497 e. The summed E-state index contributed by atoms with van der Waals surface area (Å²) >= 11 is 0. The van der Waals surface area contributed by atoms with Gasteiger partial charge < -0.3 is 19.5 Å². The van der Waals surface area contributed by atoms with E-state index >= 15 is 0 Å². The smallest absolute Gasteiger partial charge is 0.254 e. The number of carbonyl (C=O) groups excluding carboxylic acids is 1. The summed E-state index contributed by atoms with van der Waals surface area (Å²) in [7, 11) is 3.20. The van der Waals surface area contributed by atoms with Gasteiger partial charge in [0.2, 0.25) is 0 Å². The number of rotatable bonds is 6. The fourth-order valence-electron chi connectivity index (χ4n) is 3.01. The van der Waals surface area contributed by atoms with Crippen molar-refractivity contribution >= 4 is 5.91 Å². The van der Waals surface area contributed by atoms with Crippen LogP contribution >= 0.6 is 0 Å². The Kier molecular flexibility index (Phi) is 4.71. The maximum atomic E-state index is 12.0. The minimum atomic E-state index is -0.953. The topological polar surface area (TPSA) is 59.0 Å². The predicted molar refractivity (Wildman–Crippen MR) is 90.0 cm³/mol. The highest BCUT2D eigenvalue weighted by molar-refractivity contribution is 5.88. The first kappa shape index (κ1) is 16.3. The van der Waals surface area contributed by atoms with Gasteiger partial charge in [0, 0.05) is 12.6 Å². The molecule has 0 aromatic heterocycles. The molecule has 126 valence electrons. The van der Waals surface area contributed by atoms with Crippen molar-refractivity contribution in [1.82, 2.24) is 4.90 Å². The van der Waals surface area contributed by atoms with E-state index < -0.39 is 6.10 Å². The lowest BCUT2D eigenvalue weighted by Gasteiger charge is -2.44. The van der Waals surface area contributed by atoms with E-state index in [4.69, 9.17) is 9.47 Å². The van der Waals surface area contributed by atoms with Crippen LogP contribution < -0.4 is 9.47 Å². The molecule has 0 aliphatic carbocycles. The van der Waals surface area contributed by atoms with Crippen LogP contribution in [0.25, 0.3) is 0 Å². The number of β-lactam (4-membered cyclic amide) rings is 1. The molecule has 5 heteroatoms. The third-order valence-electron chi connectivity index (χ3n) is 4.35. The van der Waals surface area contributed by atoms with Gasteiger partial charge in [0.15, 0.2) is 6.10 Å². The van der Waals surface area contributed by atoms with Crippen LogP contribution in [-0.4, -0.2) is 42.3 Å². The van der Waals surface area contributed by atoms with Gasteiger partial charge >= 0.3 is 0 Å². The van der Waals surface area contributed by atoms with Crippen LogP contribution in [0, 0.1) is 0 Å². The van der Waals surface area contributed by atoms with E-state index in [9.17, 15) is 9.90 Å². The molecule has 24 heavy (non-hydrogen) atoms. The zero-order valence-corrected chi connectivity index (χ0v) is 13.8. The maximum absolute atomic E-state index is 12.0. The Morgan fingerprint density at radius 2 is 1.62 bits per heavy atom. The highest BCUT2D eigenvalue weighted by Gasteiger charge is 2.45. The quantitative estimate of drug-likeness (QED) is 0.825. The molecule has 3 rings (SSSR count). The Hall–Kier alpha value is -2.53. The third-order valence-corrected chi connectivity index (χ3v) is 4.35. The Morgan fingerprint density at radius 3 is 2.21 bits per heavy atom. The van der Waals surface area contributed by atoms with Crippen LogP contribution in [0.4, 0.5) is 0 Å². The van der Waals surface area contributed by atoms with Crippen molar-refractivity contribution in [3.63, 3.8) is 0 Å². The number of nitrogens with zero attached hydrogens (tertiary/aromatic N) is 1. The van der Waals surface area contributed by atoms with Gasteiger partial charge in [0.05, 0.1) is 20.3 Å². The zero-order valence-electron chi connectivity index (χ0n) is 13.8.